The van der Waals surface area contributed by atoms with Crippen molar-refractivity contribution in [2.75, 3.05) is 5.32 Å². The monoisotopic (exact) mass is 270 g/mol. The average Bonchev–Trinajstić information content (AvgIpc) is 2.79. The van der Waals surface area contributed by atoms with E-state index in [9.17, 15) is 13.6 Å². The second kappa shape index (κ2) is 5.09. The molecule has 0 aliphatic rings. The zero-order valence-corrected chi connectivity index (χ0v) is 9.80. The Morgan fingerprint density at radius 2 is 2.17 bits per heavy atom. The molecule has 2 N–H and O–H groups in total. The molecule has 7 heteroatoms. The largest absolute Gasteiger partial charge is 0.476 e. The van der Waals surface area contributed by atoms with Gasteiger partial charge in [-0.25, -0.2) is 18.6 Å². The number of halogens is 2. The van der Waals surface area contributed by atoms with Crippen LogP contribution < -0.4 is 5.32 Å². The predicted molar refractivity (Wildman–Crippen MR) is 62.8 cm³/mol. The van der Waals surface area contributed by atoms with Gasteiger partial charge >= 0.3 is 5.97 Å². The van der Waals surface area contributed by atoms with E-state index in [0.717, 1.165) is 23.5 Å². The van der Waals surface area contributed by atoms with Crippen molar-refractivity contribution >= 4 is 23.0 Å². The summed E-state index contributed by atoms with van der Waals surface area (Å²) in [6.07, 6.45) is 0. The fourth-order valence-electron chi connectivity index (χ4n) is 1.29. The Morgan fingerprint density at radius 3 is 2.78 bits per heavy atom. The average molecular weight is 270 g/mol. The molecule has 1 aromatic heterocycles. The maximum atomic E-state index is 12.9. The highest BCUT2D eigenvalue weighted by molar-refractivity contribution is 7.11. The van der Waals surface area contributed by atoms with Gasteiger partial charge in [0.1, 0.15) is 0 Å². The van der Waals surface area contributed by atoms with Gasteiger partial charge in [-0.3, -0.25) is 0 Å². The Hall–Kier alpha value is -2.02. The van der Waals surface area contributed by atoms with E-state index in [4.69, 9.17) is 5.11 Å². The lowest BCUT2D eigenvalue weighted by atomic mass is 10.3. The topological polar surface area (TPSA) is 62.2 Å². The SMILES string of the molecule is O=C(O)c1nc(CNc2ccc(F)c(F)c2)cs1. The molecule has 0 unspecified atom stereocenters. The molecular formula is C11H8F2N2O2S. The van der Waals surface area contributed by atoms with Crippen molar-refractivity contribution in [1.29, 1.82) is 0 Å². The van der Waals surface area contributed by atoms with Gasteiger partial charge in [0.05, 0.1) is 12.2 Å². The molecule has 0 bridgehead atoms. The summed E-state index contributed by atoms with van der Waals surface area (Å²) in [6, 6.07) is 3.43. The summed E-state index contributed by atoms with van der Waals surface area (Å²) in [7, 11) is 0. The fourth-order valence-corrected chi connectivity index (χ4v) is 1.94. The summed E-state index contributed by atoms with van der Waals surface area (Å²) in [6.45, 7) is 0.245. The number of nitrogens with zero attached hydrogens (tertiary/aromatic N) is 1. The molecule has 0 atom stereocenters. The Balaban J connectivity index is 2.02. The minimum Gasteiger partial charge on any atom is -0.476 e. The van der Waals surface area contributed by atoms with Gasteiger partial charge in [-0.1, -0.05) is 0 Å². The van der Waals surface area contributed by atoms with Crippen molar-refractivity contribution in [3.8, 4) is 0 Å². The summed E-state index contributed by atoms with van der Waals surface area (Å²) < 4.78 is 25.6. The van der Waals surface area contributed by atoms with E-state index in [1.165, 1.54) is 6.07 Å². The van der Waals surface area contributed by atoms with E-state index < -0.39 is 17.6 Å². The Kier molecular flexibility index (Phi) is 3.52. The number of nitrogens with one attached hydrogen (secondary N) is 1. The molecule has 1 aromatic carbocycles. The zero-order valence-electron chi connectivity index (χ0n) is 8.98. The van der Waals surface area contributed by atoms with Crippen molar-refractivity contribution in [2.24, 2.45) is 0 Å². The van der Waals surface area contributed by atoms with E-state index >= 15 is 0 Å². The van der Waals surface area contributed by atoms with Crippen LogP contribution in [0.4, 0.5) is 14.5 Å². The summed E-state index contributed by atoms with van der Waals surface area (Å²) in [5.74, 6) is -2.94. The number of rotatable bonds is 4. The molecule has 94 valence electrons. The summed E-state index contributed by atoms with van der Waals surface area (Å²) >= 11 is 1.01. The standard InChI is InChI=1S/C11H8F2N2O2S/c12-8-2-1-6(3-9(8)13)14-4-7-5-18-10(15-7)11(16)17/h1-3,5,14H,4H2,(H,16,17). The molecule has 2 aromatic rings. The molecule has 1 heterocycles. The van der Waals surface area contributed by atoms with E-state index in [0.29, 0.717) is 11.4 Å². The molecular weight excluding hydrogens is 262 g/mol. The number of hydrogen-bond acceptors (Lipinski definition) is 4. The summed E-state index contributed by atoms with van der Waals surface area (Å²) in [5.41, 5.74) is 0.931. The number of thiazole rings is 1. The number of carboxylic acid groups (broad SMARTS) is 1. The van der Waals surface area contributed by atoms with E-state index in [1.54, 1.807) is 5.38 Å². The molecule has 0 amide bonds. The molecule has 0 saturated carbocycles. The van der Waals surface area contributed by atoms with Gasteiger partial charge in [0.2, 0.25) is 5.01 Å². The smallest absolute Gasteiger partial charge is 0.365 e. The van der Waals surface area contributed by atoms with Crippen LogP contribution in [0.1, 0.15) is 15.5 Å². The van der Waals surface area contributed by atoms with Crippen LogP contribution in [-0.4, -0.2) is 16.1 Å². The third kappa shape index (κ3) is 2.80. The van der Waals surface area contributed by atoms with Gasteiger partial charge in [-0.05, 0) is 12.1 Å². The lowest BCUT2D eigenvalue weighted by Crippen LogP contribution is -2.02. The minimum atomic E-state index is -1.08. The van der Waals surface area contributed by atoms with Gasteiger partial charge < -0.3 is 10.4 Å². The molecule has 0 aliphatic carbocycles. The highest BCUT2D eigenvalue weighted by atomic mass is 32.1. The Bertz CT molecular complexity index is 586. The van der Waals surface area contributed by atoms with E-state index in [1.807, 2.05) is 0 Å². The van der Waals surface area contributed by atoms with E-state index in [2.05, 4.69) is 10.3 Å². The normalized spacial score (nSPS) is 10.3. The first-order valence-corrected chi connectivity index (χ1v) is 5.81. The molecule has 0 saturated heterocycles. The summed E-state index contributed by atoms with van der Waals surface area (Å²) in [5, 5.41) is 13.1. The number of aromatic nitrogens is 1. The van der Waals surface area contributed by atoms with Crippen molar-refractivity contribution in [3.05, 3.63) is 45.9 Å². The highest BCUT2D eigenvalue weighted by Crippen LogP contribution is 2.15. The Labute approximate surface area is 105 Å². The molecule has 0 radical (unpaired) electrons. The van der Waals surface area contributed by atoms with Crippen molar-refractivity contribution in [3.63, 3.8) is 0 Å². The van der Waals surface area contributed by atoms with Gasteiger partial charge in [0.15, 0.2) is 11.6 Å². The van der Waals surface area contributed by atoms with Crippen LogP contribution in [0.15, 0.2) is 23.6 Å². The fraction of sp³-hybridized carbons (Fsp3) is 0.0909. The molecule has 2 rings (SSSR count). The van der Waals surface area contributed by atoms with Crippen LogP contribution in [0.5, 0.6) is 0 Å². The first-order chi connectivity index (χ1) is 8.56. The quantitative estimate of drug-likeness (QED) is 0.896. The zero-order chi connectivity index (χ0) is 13.1. The van der Waals surface area contributed by atoms with Crippen LogP contribution in [0.25, 0.3) is 0 Å². The number of anilines is 1. The number of benzene rings is 1. The van der Waals surface area contributed by atoms with Crippen LogP contribution >= 0.6 is 11.3 Å². The first-order valence-electron chi connectivity index (χ1n) is 4.93. The first kappa shape index (κ1) is 12.4. The third-order valence-electron chi connectivity index (χ3n) is 2.13. The van der Waals surface area contributed by atoms with Crippen LogP contribution in [0, 0.1) is 11.6 Å². The molecule has 0 aliphatic heterocycles. The van der Waals surface area contributed by atoms with Crippen molar-refractivity contribution in [1.82, 2.24) is 4.98 Å². The number of carbonyl (C=O) groups is 1. The second-order valence-corrected chi connectivity index (χ2v) is 4.29. The maximum absolute atomic E-state index is 12.9. The maximum Gasteiger partial charge on any atom is 0.365 e. The minimum absolute atomic E-state index is 0.00270. The van der Waals surface area contributed by atoms with Crippen LogP contribution in [-0.2, 0) is 6.54 Å². The lowest BCUT2D eigenvalue weighted by molar-refractivity contribution is 0.0696. The van der Waals surface area contributed by atoms with Gasteiger partial charge in [-0.15, -0.1) is 11.3 Å². The second-order valence-electron chi connectivity index (χ2n) is 3.43. The Morgan fingerprint density at radius 1 is 1.39 bits per heavy atom. The number of carboxylic acids is 1. The van der Waals surface area contributed by atoms with Gasteiger partial charge in [0, 0.05) is 17.1 Å². The molecule has 4 nitrogen and oxygen atoms in total. The van der Waals surface area contributed by atoms with Crippen molar-refractivity contribution in [2.45, 2.75) is 6.54 Å². The lowest BCUT2D eigenvalue weighted by Gasteiger charge is -2.04. The predicted octanol–water partition coefficient (Wildman–Crippen LogP) is 2.73. The van der Waals surface area contributed by atoms with Gasteiger partial charge in [-0.2, -0.15) is 0 Å². The van der Waals surface area contributed by atoms with E-state index in [-0.39, 0.29) is 11.6 Å². The van der Waals surface area contributed by atoms with Gasteiger partial charge in [0.25, 0.3) is 0 Å². The highest BCUT2D eigenvalue weighted by Gasteiger charge is 2.09. The number of aromatic carboxylic acids is 1. The summed E-state index contributed by atoms with van der Waals surface area (Å²) in [4.78, 5) is 14.5. The van der Waals surface area contributed by atoms with Crippen LogP contribution in [0.2, 0.25) is 0 Å². The third-order valence-corrected chi connectivity index (χ3v) is 3.01. The molecule has 0 spiro atoms. The molecule has 18 heavy (non-hydrogen) atoms. The number of hydrogen-bond donors (Lipinski definition) is 2. The van der Waals surface area contributed by atoms with Crippen LogP contribution in [0.3, 0.4) is 0 Å². The molecule has 0 fully saturated rings. The van der Waals surface area contributed by atoms with Crippen molar-refractivity contribution < 1.29 is 18.7 Å².